The Balaban J connectivity index is 2.34. The van der Waals surface area contributed by atoms with Crippen LogP contribution in [-0.4, -0.2) is 0 Å². The minimum Gasteiger partial charge on any atom is -0.456 e. The molecule has 2 aromatic rings. The molecule has 0 fully saturated rings. The van der Waals surface area contributed by atoms with Gasteiger partial charge in [0.1, 0.15) is 11.5 Å². The van der Waals surface area contributed by atoms with Gasteiger partial charge in [-0.2, -0.15) is 0 Å². The van der Waals surface area contributed by atoms with Crippen molar-refractivity contribution in [3.8, 4) is 11.5 Å². The Kier molecular flexibility index (Phi) is 5.34. The molecule has 94 valence electrons. The number of hydrogen-bond acceptors (Lipinski definition) is 1. The molecule has 0 saturated carbocycles. The van der Waals surface area contributed by atoms with Crippen LogP contribution in [0.1, 0.15) is 0 Å². The van der Waals surface area contributed by atoms with Crippen LogP contribution in [0.25, 0.3) is 0 Å². The maximum atomic E-state index is 5.83. The molecule has 2 rings (SSSR count). The summed E-state index contributed by atoms with van der Waals surface area (Å²) in [6.07, 6.45) is 0. The minimum atomic E-state index is 0.749. The maximum Gasteiger partial charge on any atom is 0.142 e. The van der Waals surface area contributed by atoms with Crippen LogP contribution in [0.3, 0.4) is 0 Å². The van der Waals surface area contributed by atoms with Crippen LogP contribution in [0.15, 0.2) is 52.7 Å². The fourth-order valence-electron chi connectivity index (χ4n) is 1.25. The Bertz CT molecular complexity index is 597. The molecular weight excluding hydrogens is 560 g/mol. The maximum absolute atomic E-state index is 5.83. The fourth-order valence-corrected chi connectivity index (χ4v) is 3.25. The van der Waals surface area contributed by atoms with E-state index in [1.165, 1.54) is 0 Å². The predicted molar refractivity (Wildman–Crippen MR) is 91.5 cm³/mol. The summed E-state index contributed by atoms with van der Waals surface area (Å²) in [4.78, 5) is 0. The second-order valence-electron chi connectivity index (χ2n) is 3.37. The summed E-state index contributed by atoms with van der Waals surface area (Å²) in [5.41, 5.74) is 0. The molecule has 0 atom stereocenters. The van der Waals surface area contributed by atoms with Crippen LogP contribution < -0.4 is 4.74 Å². The van der Waals surface area contributed by atoms with Crippen LogP contribution >= 0.6 is 79.6 Å². The van der Waals surface area contributed by atoms with E-state index in [0.717, 1.165) is 33.9 Å². The van der Waals surface area contributed by atoms with E-state index in [0.29, 0.717) is 0 Å². The highest BCUT2D eigenvalue weighted by atomic mass is 79.9. The van der Waals surface area contributed by atoms with E-state index in [4.69, 9.17) is 4.74 Å². The third-order valence-electron chi connectivity index (χ3n) is 2.09. The monoisotopic (exact) mass is 560 g/mol. The van der Waals surface area contributed by atoms with Crippen LogP contribution in [0, 0.1) is 0 Å². The number of ether oxygens (including phenoxy) is 1. The lowest BCUT2D eigenvalue weighted by Gasteiger charge is -2.10. The highest BCUT2D eigenvalue weighted by molar-refractivity contribution is 9.13. The van der Waals surface area contributed by atoms with Crippen LogP contribution in [-0.2, 0) is 0 Å². The van der Waals surface area contributed by atoms with E-state index >= 15 is 0 Å². The molecular formula is C12H5Br5O. The van der Waals surface area contributed by atoms with E-state index < -0.39 is 0 Å². The van der Waals surface area contributed by atoms with Gasteiger partial charge in [-0.05, 0) is 110 Å². The Labute approximate surface area is 147 Å². The van der Waals surface area contributed by atoms with Crippen molar-refractivity contribution < 1.29 is 4.74 Å². The average Bonchev–Trinajstić information content (AvgIpc) is 2.31. The van der Waals surface area contributed by atoms with Gasteiger partial charge in [0.15, 0.2) is 0 Å². The summed E-state index contributed by atoms with van der Waals surface area (Å²) >= 11 is 17.2. The van der Waals surface area contributed by atoms with Gasteiger partial charge in [-0.25, -0.2) is 0 Å². The van der Waals surface area contributed by atoms with Gasteiger partial charge in [-0.3, -0.25) is 0 Å². The smallest absolute Gasteiger partial charge is 0.142 e. The van der Waals surface area contributed by atoms with Gasteiger partial charge in [0.05, 0.1) is 4.47 Å². The number of benzene rings is 2. The number of halogens is 5. The summed E-state index contributed by atoms with van der Waals surface area (Å²) in [5.74, 6) is 1.51. The molecule has 2 aromatic carbocycles. The largest absolute Gasteiger partial charge is 0.456 e. The van der Waals surface area contributed by atoms with Crippen LogP contribution in [0.4, 0.5) is 0 Å². The van der Waals surface area contributed by atoms with E-state index in [1.54, 1.807) is 0 Å². The quantitative estimate of drug-likeness (QED) is 0.348. The lowest BCUT2D eigenvalue weighted by molar-refractivity contribution is 0.478. The first-order valence-electron chi connectivity index (χ1n) is 4.75. The lowest BCUT2D eigenvalue weighted by atomic mass is 10.3. The highest BCUT2D eigenvalue weighted by Gasteiger charge is 2.08. The van der Waals surface area contributed by atoms with Crippen molar-refractivity contribution in [2.24, 2.45) is 0 Å². The SMILES string of the molecule is Brc1ccc(Oc2cc(Br)c(Br)cc2Br)cc1Br. The van der Waals surface area contributed by atoms with Gasteiger partial charge in [-0.1, -0.05) is 0 Å². The van der Waals surface area contributed by atoms with E-state index in [2.05, 4.69) is 79.6 Å². The van der Waals surface area contributed by atoms with Crippen molar-refractivity contribution >= 4 is 79.6 Å². The predicted octanol–water partition coefficient (Wildman–Crippen LogP) is 7.29. The molecule has 6 heteroatoms. The lowest BCUT2D eigenvalue weighted by Crippen LogP contribution is -1.86. The van der Waals surface area contributed by atoms with Crippen molar-refractivity contribution in [3.05, 3.63) is 52.7 Å². The zero-order valence-electron chi connectivity index (χ0n) is 8.68. The molecule has 0 N–H and O–H groups in total. The average molecular weight is 565 g/mol. The summed E-state index contributed by atoms with van der Waals surface area (Å²) in [6, 6.07) is 9.59. The Morgan fingerprint density at radius 3 is 1.89 bits per heavy atom. The van der Waals surface area contributed by atoms with Gasteiger partial charge in [0, 0.05) is 17.9 Å². The molecule has 0 unspecified atom stereocenters. The first-order valence-corrected chi connectivity index (χ1v) is 8.71. The molecule has 0 aliphatic rings. The summed E-state index contributed by atoms with van der Waals surface area (Å²) in [5, 5.41) is 0. The van der Waals surface area contributed by atoms with Crippen molar-refractivity contribution in [2.75, 3.05) is 0 Å². The number of hydrogen-bond donors (Lipinski definition) is 0. The molecule has 18 heavy (non-hydrogen) atoms. The molecule has 1 nitrogen and oxygen atoms in total. The van der Waals surface area contributed by atoms with Gasteiger partial charge >= 0.3 is 0 Å². The van der Waals surface area contributed by atoms with E-state index in [1.807, 2.05) is 30.3 Å². The number of rotatable bonds is 2. The molecule has 0 spiro atoms. The van der Waals surface area contributed by atoms with E-state index in [-0.39, 0.29) is 0 Å². The fraction of sp³-hybridized carbons (Fsp3) is 0. The summed E-state index contributed by atoms with van der Waals surface area (Å²) in [6.45, 7) is 0. The molecule has 0 saturated heterocycles. The van der Waals surface area contributed by atoms with Crippen molar-refractivity contribution in [3.63, 3.8) is 0 Å². The van der Waals surface area contributed by atoms with Gasteiger partial charge < -0.3 is 4.74 Å². The summed E-state index contributed by atoms with van der Waals surface area (Å²) in [7, 11) is 0. The van der Waals surface area contributed by atoms with Crippen LogP contribution in [0.2, 0.25) is 0 Å². The summed E-state index contributed by atoms with van der Waals surface area (Å²) < 4.78 is 10.6. The third-order valence-corrected chi connectivity index (χ3v) is 6.44. The third kappa shape index (κ3) is 3.60. The first kappa shape index (κ1) is 15.0. The Hall–Kier alpha value is 0.640. The molecule has 0 heterocycles. The molecule has 0 radical (unpaired) electrons. The molecule has 0 aromatic heterocycles. The minimum absolute atomic E-state index is 0.749. The zero-order valence-corrected chi connectivity index (χ0v) is 16.6. The molecule has 0 aliphatic carbocycles. The highest BCUT2D eigenvalue weighted by Crippen LogP contribution is 2.38. The second kappa shape index (κ2) is 6.39. The Morgan fingerprint density at radius 1 is 0.611 bits per heavy atom. The Morgan fingerprint density at radius 2 is 1.22 bits per heavy atom. The first-order chi connectivity index (χ1) is 8.47. The van der Waals surface area contributed by atoms with Crippen molar-refractivity contribution in [1.29, 1.82) is 0 Å². The van der Waals surface area contributed by atoms with Crippen LogP contribution in [0.5, 0.6) is 11.5 Å². The molecule has 0 amide bonds. The van der Waals surface area contributed by atoms with E-state index in [9.17, 15) is 0 Å². The second-order valence-corrected chi connectivity index (χ2v) is 7.65. The molecule has 0 bridgehead atoms. The van der Waals surface area contributed by atoms with Gasteiger partial charge in [0.25, 0.3) is 0 Å². The van der Waals surface area contributed by atoms with Gasteiger partial charge in [0.2, 0.25) is 0 Å². The van der Waals surface area contributed by atoms with Crippen molar-refractivity contribution in [1.82, 2.24) is 0 Å². The standard InChI is InChI=1S/C12H5Br5O/c13-7-2-1-6(3-8(7)14)18-12-5-10(16)9(15)4-11(12)17/h1-5H. The topological polar surface area (TPSA) is 9.23 Å². The van der Waals surface area contributed by atoms with Crippen molar-refractivity contribution in [2.45, 2.75) is 0 Å². The zero-order chi connectivity index (χ0) is 13.3. The van der Waals surface area contributed by atoms with Gasteiger partial charge in [-0.15, -0.1) is 0 Å². The normalized spacial score (nSPS) is 10.5. The molecule has 0 aliphatic heterocycles.